The zero-order valence-electron chi connectivity index (χ0n) is 20.4. The van der Waals surface area contributed by atoms with Crippen LogP contribution in [0.5, 0.6) is 11.5 Å². The number of ether oxygens (including phenoxy) is 1. The van der Waals surface area contributed by atoms with Gasteiger partial charge in [-0.1, -0.05) is 0 Å². The number of hydrogen-bond acceptors (Lipinski definition) is 8. The molecule has 38 heavy (non-hydrogen) atoms. The van der Waals surface area contributed by atoms with Gasteiger partial charge in [-0.15, -0.1) is 0 Å². The summed E-state index contributed by atoms with van der Waals surface area (Å²) in [4.78, 5) is 33.5. The lowest BCUT2D eigenvalue weighted by Gasteiger charge is -2.19. The number of nitrogens with two attached hydrogens (primary N) is 2. The number of amides is 1. The van der Waals surface area contributed by atoms with E-state index in [2.05, 4.69) is 20.2 Å². The van der Waals surface area contributed by atoms with Crippen LogP contribution in [0.3, 0.4) is 0 Å². The first-order valence-corrected chi connectivity index (χ1v) is 12.0. The fourth-order valence-electron chi connectivity index (χ4n) is 4.07. The van der Waals surface area contributed by atoms with E-state index in [0.29, 0.717) is 35.5 Å². The van der Waals surface area contributed by atoms with E-state index in [4.69, 9.17) is 16.2 Å². The summed E-state index contributed by atoms with van der Waals surface area (Å²) in [7, 11) is 0. The molecule has 9 nitrogen and oxygen atoms in total. The number of aromatic nitrogens is 2. The molecule has 1 fully saturated rings. The Kier molecular flexibility index (Phi) is 8.23. The van der Waals surface area contributed by atoms with Crippen molar-refractivity contribution in [3.63, 3.8) is 0 Å². The molecule has 0 saturated carbocycles. The molecule has 3 aromatic rings. The van der Waals surface area contributed by atoms with Gasteiger partial charge in [-0.05, 0) is 68.4 Å². The van der Waals surface area contributed by atoms with Crippen LogP contribution in [0.25, 0.3) is 11.4 Å². The van der Waals surface area contributed by atoms with E-state index in [1.807, 2.05) is 0 Å². The van der Waals surface area contributed by atoms with E-state index < -0.39 is 23.7 Å². The van der Waals surface area contributed by atoms with Gasteiger partial charge in [-0.2, -0.15) is 13.2 Å². The molecule has 1 saturated heterocycles. The highest BCUT2D eigenvalue weighted by Crippen LogP contribution is 2.35. The molecular formula is C26H27F3N6O3. The number of carbonyl (C=O) groups excluding carboxylic acids is 2. The molecule has 5 N–H and O–H groups in total. The predicted molar refractivity (Wildman–Crippen MR) is 135 cm³/mol. The molecule has 2 aromatic carbocycles. The van der Waals surface area contributed by atoms with Crippen LogP contribution in [-0.2, 0) is 17.5 Å². The third-order valence-corrected chi connectivity index (χ3v) is 6.05. The molecule has 0 aliphatic carbocycles. The van der Waals surface area contributed by atoms with Gasteiger partial charge in [0.2, 0.25) is 0 Å². The quantitative estimate of drug-likeness (QED) is 0.340. The number of halogens is 3. The average molecular weight is 529 g/mol. The summed E-state index contributed by atoms with van der Waals surface area (Å²) >= 11 is 0. The van der Waals surface area contributed by atoms with Crippen molar-refractivity contribution in [1.82, 2.24) is 14.9 Å². The van der Waals surface area contributed by atoms with Gasteiger partial charge in [0.25, 0.3) is 5.91 Å². The third-order valence-electron chi connectivity index (χ3n) is 6.05. The minimum Gasteiger partial charge on any atom is -0.457 e. The van der Waals surface area contributed by atoms with Crippen LogP contribution in [0.1, 0.15) is 34.5 Å². The van der Waals surface area contributed by atoms with E-state index in [0.717, 1.165) is 38.1 Å². The molecule has 200 valence electrons. The highest BCUT2D eigenvalue weighted by molar-refractivity contribution is 5.92. The summed E-state index contributed by atoms with van der Waals surface area (Å²) in [6.45, 7) is 2.02. The molecule has 1 aliphatic rings. The number of hydrogen-bond donors (Lipinski definition) is 3. The maximum absolute atomic E-state index is 13.3. The molecule has 12 heteroatoms. The maximum Gasteiger partial charge on any atom is 0.416 e. The highest BCUT2D eigenvalue weighted by atomic mass is 19.4. The molecule has 0 bridgehead atoms. The third kappa shape index (κ3) is 6.64. The maximum atomic E-state index is 13.3. The number of likely N-dealkylation sites (tertiary alicyclic amines) is 1. The van der Waals surface area contributed by atoms with Crippen LogP contribution in [0.4, 0.5) is 19.0 Å². The van der Waals surface area contributed by atoms with Gasteiger partial charge in [-0.25, -0.2) is 9.97 Å². The monoisotopic (exact) mass is 528 g/mol. The van der Waals surface area contributed by atoms with Crippen LogP contribution in [0, 0.1) is 0 Å². The molecule has 0 unspecified atom stereocenters. The van der Waals surface area contributed by atoms with Crippen molar-refractivity contribution in [2.24, 2.45) is 11.5 Å². The van der Waals surface area contributed by atoms with Gasteiger partial charge in [0.05, 0.1) is 11.6 Å². The Labute approximate surface area is 217 Å². The lowest BCUT2D eigenvalue weighted by atomic mass is 10.1. The Hall–Kier alpha value is -4.03. The number of nitrogens with zero attached hydrogens (tertiary/aromatic N) is 3. The number of primary amides is 1. The van der Waals surface area contributed by atoms with E-state index in [9.17, 15) is 22.8 Å². The summed E-state index contributed by atoms with van der Waals surface area (Å²) in [5.74, 6) is 0.312. The number of alkyl halides is 3. The molecule has 1 aromatic heterocycles. The molecular weight excluding hydrogens is 501 g/mol. The number of rotatable bonds is 10. The van der Waals surface area contributed by atoms with Gasteiger partial charge in [0.1, 0.15) is 29.3 Å². The number of benzene rings is 2. The lowest BCUT2D eigenvalue weighted by molar-refractivity contribution is -0.137. The largest absolute Gasteiger partial charge is 0.457 e. The molecule has 1 aliphatic heterocycles. The van der Waals surface area contributed by atoms with E-state index in [1.54, 1.807) is 24.3 Å². The van der Waals surface area contributed by atoms with Crippen molar-refractivity contribution in [2.75, 3.05) is 25.0 Å². The molecule has 1 atom stereocenters. The topological polar surface area (TPSA) is 136 Å². The first-order valence-electron chi connectivity index (χ1n) is 12.0. The van der Waals surface area contributed by atoms with Crippen LogP contribution >= 0.6 is 0 Å². The zero-order chi connectivity index (χ0) is 27.3. The Morgan fingerprint density at radius 2 is 1.82 bits per heavy atom. The van der Waals surface area contributed by atoms with Crippen molar-refractivity contribution in [3.05, 3.63) is 65.4 Å². The van der Waals surface area contributed by atoms with E-state index in [-0.39, 0.29) is 23.9 Å². The standard InChI is InChI=1S/C26H27F3N6O3/c27-26(28,29)18-5-8-22(17(11-18)14-35-9-1-2-10-35)38-20-6-3-16(4-7-20)25-33-21(24(31)37)12-23(34-25)32-19(13-30)15-36/h3-8,11-12,15,19H,1-2,9-10,13-14,30H2,(H2,31,37)(H,32,33,34)/t19-/m0/s1. The minimum atomic E-state index is -4.46. The number of anilines is 1. The molecule has 0 radical (unpaired) electrons. The second kappa shape index (κ2) is 11.6. The fourth-order valence-corrected chi connectivity index (χ4v) is 4.07. The first-order chi connectivity index (χ1) is 18.2. The Balaban J connectivity index is 1.59. The van der Waals surface area contributed by atoms with Gasteiger partial charge >= 0.3 is 6.18 Å². The fraction of sp³-hybridized carbons (Fsp3) is 0.308. The zero-order valence-corrected chi connectivity index (χ0v) is 20.4. The molecule has 4 rings (SSSR count). The van der Waals surface area contributed by atoms with Crippen LogP contribution in [-0.4, -0.2) is 52.7 Å². The van der Waals surface area contributed by atoms with Gasteiger partial charge < -0.3 is 26.3 Å². The molecule has 0 spiro atoms. The number of aldehydes is 1. The second-order valence-electron chi connectivity index (χ2n) is 8.88. The van der Waals surface area contributed by atoms with E-state index >= 15 is 0 Å². The molecule has 1 amide bonds. The highest BCUT2D eigenvalue weighted by Gasteiger charge is 2.31. The normalized spacial score (nSPS) is 14.7. The van der Waals surface area contributed by atoms with Crippen molar-refractivity contribution in [2.45, 2.75) is 31.6 Å². The van der Waals surface area contributed by atoms with Crippen molar-refractivity contribution >= 4 is 18.0 Å². The van der Waals surface area contributed by atoms with Crippen LogP contribution in [0.2, 0.25) is 0 Å². The van der Waals surface area contributed by atoms with Gasteiger partial charge in [0, 0.05) is 30.3 Å². The lowest BCUT2D eigenvalue weighted by Crippen LogP contribution is -2.30. The number of nitrogens with one attached hydrogen (secondary N) is 1. The minimum absolute atomic E-state index is 0.0183. The summed E-state index contributed by atoms with van der Waals surface area (Å²) < 4.78 is 46.0. The summed E-state index contributed by atoms with van der Waals surface area (Å²) in [6.07, 6.45) is -1.82. The van der Waals surface area contributed by atoms with Crippen LogP contribution < -0.4 is 21.5 Å². The average Bonchev–Trinajstić information content (AvgIpc) is 3.41. The predicted octanol–water partition coefficient (Wildman–Crippen LogP) is 3.59. The Morgan fingerprint density at radius 3 is 2.42 bits per heavy atom. The molecule has 2 heterocycles. The summed E-state index contributed by atoms with van der Waals surface area (Å²) in [5.41, 5.74) is 11.1. The van der Waals surface area contributed by atoms with Crippen molar-refractivity contribution in [3.8, 4) is 22.9 Å². The van der Waals surface area contributed by atoms with Crippen molar-refractivity contribution in [1.29, 1.82) is 0 Å². The summed E-state index contributed by atoms with van der Waals surface area (Å²) in [5, 5.41) is 2.82. The Morgan fingerprint density at radius 1 is 1.11 bits per heavy atom. The summed E-state index contributed by atoms with van der Waals surface area (Å²) in [6, 6.07) is 10.6. The SMILES string of the molecule is NC[C@@H](C=O)Nc1cc(C(N)=O)nc(-c2ccc(Oc3ccc(C(F)(F)F)cc3CN3CCCC3)cc2)n1. The Bertz CT molecular complexity index is 1290. The van der Waals surface area contributed by atoms with Crippen LogP contribution in [0.15, 0.2) is 48.5 Å². The first kappa shape index (κ1) is 27.0. The number of carbonyl (C=O) groups is 2. The second-order valence-corrected chi connectivity index (χ2v) is 8.88. The van der Waals surface area contributed by atoms with Gasteiger partial charge in [-0.3, -0.25) is 9.69 Å². The van der Waals surface area contributed by atoms with Gasteiger partial charge in [0.15, 0.2) is 5.82 Å². The van der Waals surface area contributed by atoms with Crippen molar-refractivity contribution < 1.29 is 27.5 Å². The van der Waals surface area contributed by atoms with E-state index in [1.165, 1.54) is 12.1 Å². The smallest absolute Gasteiger partial charge is 0.416 e.